The van der Waals surface area contributed by atoms with Gasteiger partial charge in [-0.05, 0) is 37.5 Å². The van der Waals surface area contributed by atoms with Gasteiger partial charge in [0.05, 0.1) is 4.88 Å². The van der Waals surface area contributed by atoms with E-state index < -0.39 is 0 Å². The summed E-state index contributed by atoms with van der Waals surface area (Å²) in [7, 11) is 0. The molecule has 0 atom stereocenters. The maximum Gasteiger partial charge on any atom is 0.320 e. The number of fused-ring (bicyclic) bond motifs is 3. The van der Waals surface area contributed by atoms with Crippen LogP contribution in [0.3, 0.4) is 0 Å². The molecule has 0 unspecified atom stereocenters. The maximum atomic E-state index is 13.1. The van der Waals surface area contributed by atoms with E-state index >= 15 is 0 Å². The van der Waals surface area contributed by atoms with Crippen molar-refractivity contribution in [2.24, 2.45) is 0 Å². The third kappa shape index (κ3) is 3.48. The van der Waals surface area contributed by atoms with E-state index in [0.29, 0.717) is 32.8 Å². The van der Waals surface area contributed by atoms with Crippen LogP contribution in [0.25, 0.3) is 10.4 Å². The second kappa shape index (κ2) is 7.71. The molecule has 0 N–H and O–H groups in total. The van der Waals surface area contributed by atoms with Gasteiger partial charge >= 0.3 is 6.03 Å². The predicted molar refractivity (Wildman–Crippen MR) is 112 cm³/mol. The summed E-state index contributed by atoms with van der Waals surface area (Å²) in [5.74, 6) is 0.942. The number of piperazine rings is 1. The van der Waals surface area contributed by atoms with Crippen LogP contribution in [-0.4, -0.2) is 65.9 Å². The van der Waals surface area contributed by atoms with E-state index in [0.717, 1.165) is 52.6 Å². The number of likely N-dealkylation sites (tertiary alicyclic amines) is 1. The smallest absolute Gasteiger partial charge is 0.320 e. The zero-order valence-corrected chi connectivity index (χ0v) is 17.2. The molecule has 2 saturated heterocycles. The van der Waals surface area contributed by atoms with E-state index in [1.165, 1.54) is 6.42 Å². The number of piperidine rings is 1. The molecule has 6 nitrogen and oxygen atoms in total. The normalized spacial score (nSPS) is 18.7. The standard InChI is InChI=1S/C22H25N3O3S/c26-21(19-14-16-15-28-18-7-3-2-6-17(18)20(16)29-19)23-10-12-25(13-11-23)22(27)24-8-4-1-5-9-24/h2-3,6-7,14H,1,4-5,8-13,15H2. The van der Waals surface area contributed by atoms with Gasteiger partial charge in [-0.15, -0.1) is 11.3 Å². The van der Waals surface area contributed by atoms with Gasteiger partial charge in [-0.2, -0.15) is 0 Å². The number of benzene rings is 1. The fourth-order valence-electron chi connectivity index (χ4n) is 4.35. The lowest BCUT2D eigenvalue weighted by Crippen LogP contribution is -2.54. The minimum Gasteiger partial charge on any atom is -0.488 e. The van der Waals surface area contributed by atoms with Crippen LogP contribution in [0.15, 0.2) is 30.3 Å². The summed E-state index contributed by atoms with van der Waals surface area (Å²) >= 11 is 1.55. The SMILES string of the molecule is O=C(c1cc2c(s1)-c1ccccc1OC2)N1CCN(C(=O)N2CCCCC2)CC1. The molecule has 5 rings (SSSR count). The Morgan fingerprint density at radius 2 is 1.55 bits per heavy atom. The first-order valence-electron chi connectivity index (χ1n) is 10.4. The number of urea groups is 1. The van der Waals surface area contributed by atoms with Crippen molar-refractivity contribution in [2.45, 2.75) is 25.9 Å². The summed E-state index contributed by atoms with van der Waals surface area (Å²) in [5, 5.41) is 0. The van der Waals surface area contributed by atoms with Crippen molar-refractivity contribution in [1.29, 1.82) is 0 Å². The largest absolute Gasteiger partial charge is 0.488 e. The summed E-state index contributed by atoms with van der Waals surface area (Å²) in [6.07, 6.45) is 3.41. The number of hydrogen-bond acceptors (Lipinski definition) is 4. The number of ether oxygens (including phenoxy) is 1. The first kappa shape index (κ1) is 18.5. The number of nitrogens with zero attached hydrogens (tertiary/aromatic N) is 3. The van der Waals surface area contributed by atoms with Crippen LogP contribution in [-0.2, 0) is 6.61 Å². The molecular weight excluding hydrogens is 386 g/mol. The quantitative estimate of drug-likeness (QED) is 0.720. The Kier molecular flexibility index (Phi) is 4.91. The molecule has 0 spiro atoms. The third-order valence-electron chi connectivity index (χ3n) is 6.00. The van der Waals surface area contributed by atoms with Gasteiger partial charge in [0.25, 0.3) is 5.91 Å². The van der Waals surface area contributed by atoms with Gasteiger partial charge in [0, 0.05) is 55.3 Å². The molecule has 2 aromatic rings. The number of hydrogen-bond donors (Lipinski definition) is 0. The van der Waals surface area contributed by atoms with Crippen molar-refractivity contribution >= 4 is 23.3 Å². The van der Waals surface area contributed by atoms with E-state index in [1.807, 2.05) is 45.0 Å². The second-order valence-corrected chi connectivity index (χ2v) is 8.91. The van der Waals surface area contributed by atoms with Crippen LogP contribution in [0.4, 0.5) is 4.79 Å². The maximum absolute atomic E-state index is 13.1. The Morgan fingerprint density at radius 3 is 2.34 bits per heavy atom. The van der Waals surface area contributed by atoms with Crippen LogP contribution in [0.1, 0.15) is 34.5 Å². The lowest BCUT2D eigenvalue weighted by molar-refractivity contribution is 0.0637. The molecule has 0 bridgehead atoms. The van der Waals surface area contributed by atoms with E-state index in [-0.39, 0.29) is 11.9 Å². The van der Waals surface area contributed by atoms with Crippen molar-refractivity contribution in [1.82, 2.24) is 14.7 Å². The van der Waals surface area contributed by atoms with E-state index in [4.69, 9.17) is 4.74 Å². The van der Waals surface area contributed by atoms with Gasteiger partial charge in [-0.25, -0.2) is 4.79 Å². The molecule has 0 radical (unpaired) electrons. The van der Waals surface area contributed by atoms with Gasteiger partial charge < -0.3 is 19.4 Å². The second-order valence-electron chi connectivity index (χ2n) is 7.86. The van der Waals surface area contributed by atoms with Crippen LogP contribution < -0.4 is 4.74 Å². The number of carbonyl (C=O) groups is 2. The van der Waals surface area contributed by atoms with Crippen molar-refractivity contribution in [3.8, 4) is 16.2 Å². The highest BCUT2D eigenvalue weighted by Crippen LogP contribution is 2.42. The fourth-order valence-corrected chi connectivity index (χ4v) is 5.51. The molecule has 1 aromatic carbocycles. The average Bonchev–Trinajstić information content (AvgIpc) is 3.24. The first-order valence-corrected chi connectivity index (χ1v) is 11.2. The average molecular weight is 412 g/mol. The molecule has 152 valence electrons. The molecule has 0 saturated carbocycles. The Morgan fingerprint density at radius 1 is 0.862 bits per heavy atom. The zero-order valence-electron chi connectivity index (χ0n) is 16.4. The van der Waals surface area contributed by atoms with Crippen molar-refractivity contribution < 1.29 is 14.3 Å². The summed E-state index contributed by atoms with van der Waals surface area (Å²) < 4.78 is 5.82. The Labute approximate surface area is 174 Å². The number of thiophene rings is 1. The molecule has 3 amide bonds. The number of amides is 3. The summed E-state index contributed by atoms with van der Waals surface area (Å²) in [6.45, 7) is 4.64. The highest BCUT2D eigenvalue weighted by atomic mass is 32.1. The van der Waals surface area contributed by atoms with Gasteiger partial charge in [0.15, 0.2) is 0 Å². The van der Waals surface area contributed by atoms with Gasteiger partial charge in [0.2, 0.25) is 0 Å². The van der Waals surface area contributed by atoms with Gasteiger partial charge in [-0.3, -0.25) is 4.79 Å². The van der Waals surface area contributed by atoms with Crippen molar-refractivity contribution in [3.63, 3.8) is 0 Å². The molecule has 1 aromatic heterocycles. The van der Waals surface area contributed by atoms with Crippen LogP contribution >= 0.6 is 11.3 Å². The topological polar surface area (TPSA) is 53.1 Å². The Bertz CT molecular complexity index is 927. The van der Waals surface area contributed by atoms with Gasteiger partial charge in [0.1, 0.15) is 12.4 Å². The molecule has 3 aliphatic rings. The lowest BCUT2D eigenvalue weighted by Gasteiger charge is -2.38. The van der Waals surface area contributed by atoms with Gasteiger partial charge in [-0.1, -0.05) is 12.1 Å². The molecule has 4 heterocycles. The third-order valence-corrected chi connectivity index (χ3v) is 7.20. The van der Waals surface area contributed by atoms with E-state index in [9.17, 15) is 9.59 Å². The van der Waals surface area contributed by atoms with Crippen LogP contribution in [0, 0.1) is 0 Å². The monoisotopic (exact) mass is 411 g/mol. The molecule has 29 heavy (non-hydrogen) atoms. The molecule has 7 heteroatoms. The predicted octanol–water partition coefficient (Wildman–Crippen LogP) is 3.67. The summed E-state index contributed by atoms with van der Waals surface area (Å²) in [5.41, 5.74) is 2.14. The molecule has 0 aliphatic carbocycles. The summed E-state index contributed by atoms with van der Waals surface area (Å²) in [6, 6.07) is 10.1. The minimum atomic E-state index is 0.0620. The zero-order chi connectivity index (χ0) is 19.8. The van der Waals surface area contributed by atoms with E-state index in [1.54, 1.807) is 11.3 Å². The van der Waals surface area contributed by atoms with Crippen molar-refractivity contribution in [3.05, 3.63) is 40.8 Å². The molecule has 2 fully saturated rings. The molecular formula is C22H25N3O3S. The minimum absolute atomic E-state index is 0.0620. The van der Waals surface area contributed by atoms with Crippen LogP contribution in [0.2, 0.25) is 0 Å². The highest BCUT2D eigenvalue weighted by Gasteiger charge is 2.30. The number of carbonyl (C=O) groups excluding carboxylic acids is 2. The summed E-state index contributed by atoms with van der Waals surface area (Å²) in [4.78, 5) is 33.4. The number of rotatable bonds is 1. The lowest BCUT2D eigenvalue weighted by atomic mass is 10.1. The first-order chi connectivity index (χ1) is 14.2. The highest BCUT2D eigenvalue weighted by molar-refractivity contribution is 7.17. The Hall–Kier alpha value is -2.54. The number of para-hydroxylation sites is 1. The van der Waals surface area contributed by atoms with Crippen molar-refractivity contribution in [2.75, 3.05) is 39.3 Å². The van der Waals surface area contributed by atoms with Crippen LogP contribution in [0.5, 0.6) is 5.75 Å². The fraction of sp³-hybridized carbons (Fsp3) is 0.455. The molecule has 3 aliphatic heterocycles. The van der Waals surface area contributed by atoms with E-state index in [2.05, 4.69) is 0 Å². The Balaban J connectivity index is 1.25.